The maximum absolute atomic E-state index is 12.2. The molecule has 2 aromatic carbocycles. The molecule has 0 aromatic heterocycles. The smallest absolute Gasteiger partial charge is 0.235 e. The van der Waals surface area contributed by atoms with Crippen molar-refractivity contribution in [2.75, 3.05) is 16.6 Å². The summed E-state index contributed by atoms with van der Waals surface area (Å²) in [5.41, 5.74) is 0.781. The van der Waals surface area contributed by atoms with Gasteiger partial charge in [0, 0.05) is 16.4 Å². The van der Waals surface area contributed by atoms with Crippen LogP contribution in [-0.4, -0.2) is 20.7 Å². The summed E-state index contributed by atoms with van der Waals surface area (Å²) in [6, 6.07) is 11.6. The van der Waals surface area contributed by atoms with Crippen LogP contribution >= 0.6 is 15.9 Å². The number of sulfonamides is 1. The van der Waals surface area contributed by atoms with E-state index in [-0.39, 0.29) is 11.7 Å². The third-order valence-corrected chi connectivity index (χ3v) is 6.12. The van der Waals surface area contributed by atoms with Gasteiger partial charge in [-0.3, -0.25) is 4.31 Å². The van der Waals surface area contributed by atoms with Gasteiger partial charge in [0.05, 0.1) is 11.4 Å². The minimum atomic E-state index is -3.18. The number of nitrogens with zero attached hydrogens (tertiary/aromatic N) is 1. The normalized spacial score (nSPS) is 22.0. The lowest BCUT2D eigenvalue weighted by Gasteiger charge is -2.19. The van der Waals surface area contributed by atoms with Crippen molar-refractivity contribution in [1.82, 2.24) is 0 Å². The third-order valence-electron chi connectivity index (χ3n) is 3.42. The molecule has 1 atom stereocenters. The van der Waals surface area contributed by atoms with Crippen molar-refractivity contribution in [2.45, 2.75) is 6.92 Å². The van der Waals surface area contributed by atoms with Crippen molar-refractivity contribution in [3.05, 3.63) is 40.9 Å². The Labute approximate surface area is 121 Å². The van der Waals surface area contributed by atoms with Gasteiger partial charge in [0.25, 0.3) is 0 Å². The van der Waals surface area contributed by atoms with Crippen LogP contribution in [0.3, 0.4) is 0 Å². The highest BCUT2D eigenvalue weighted by Gasteiger charge is 2.34. The molecule has 0 radical (unpaired) electrons. The molecule has 19 heavy (non-hydrogen) atoms. The highest BCUT2D eigenvalue weighted by molar-refractivity contribution is 9.10. The van der Waals surface area contributed by atoms with Gasteiger partial charge in [0.2, 0.25) is 10.0 Å². The predicted octanol–water partition coefficient (Wildman–Crippen LogP) is 3.39. The monoisotopic (exact) mass is 339 g/mol. The van der Waals surface area contributed by atoms with Crippen molar-refractivity contribution < 1.29 is 8.42 Å². The predicted molar refractivity (Wildman–Crippen MR) is 81.9 cm³/mol. The molecule has 1 unspecified atom stereocenters. The fraction of sp³-hybridized carbons (Fsp3) is 0.286. The summed E-state index contributed by atoms with van der Waals surface area (Å²) in [5.74, 6) is 0.407. The zero-order valence-electron chi connectivity index (χ0n) is 10.5. The Morgan fingerprint density at radius 3 is 2.47 bits per heavy atom. The summed E-state index contributed by atoms with van der Waals surface area (Å²) in [6.07, 6.45) is 0. The van der Waals surface area contributed by atoms with Gasteiger partial charge in [-0.2, -0.15) is 0 Å². The largest absolute Gasteiger partial charge is 0.269 e. The summed E-state index contributed by atoms with van der Waals surface area (Å²) in [4.78, 5) is 0. The lowest BCUT2D eigenvalue weighted by molar-refractivity contribution is 0.598. The summed E-state index contributed by atoms with van der Waals surface area (Å²) in [7, 11) is -3.18. The highest BCUT2D eigenvalue weighted by atomic mass is 79.9. The van der Waals surface area contributed by atoms with E-state index in [9.17, 15) is 8.42 Å². The number of anilines is 1. The SMILES string of the molecule is CC1CN(c2ccc(Br)c3ccccc23)S(=O)(=O)C1. The van der Waals surface area contributed by atoms with Crippen LogP contribution in [0.4, 0.5) is 5.69 Å². The molecule has 1 aliphatic rings. The van der Waals surface area contributed by atoms with E-state index >= 15 is 0 Å². The fourth-order valence-electron chi connectivity index (χ4n) is 2.61. The van der Waals surface area contributed by atoms with Crippen LogP contribution in [0.1, 0.15) is 6.92 Å². The average Bonchev–Trinajstić information content (AvgIpc) is 2.63. The van der Waals surface area contributed by atoms with Gasteiger partial charge in [-0.05, 0) is 23.4 Å². The van der Waals surface area contributed by atoms with E-state index in [0.717, 1.165) is 20.9 Å². The number of hydrogen-bond acceptors (Lipinski definition) is 2. The molecule has 5 heteroatoms. The molecule has 1 heterocycles. The average molecular weight is 340 g/mol. The molecule has 1 aliphatic heterocycles. The maximum Gasteiger partial charge on any atom is 0.235 e. The number of hydrogen-bond donors (Lipinski definition) is 0. The number of fused-ring (bicyclic) bond motifs is 1. The van der Waals surface area contributed by atoms with E-state index in [2.05, 4.69) is 15.9 Å². The number of benzene rings is 2. The summed E-state index contributed by atoms with van der Waals surface area (Å²) < 4.78 is 27.0. The van der Waals surface area contributed by atoms with Gasteiger partial charge in [-0.1, -0.05) is 47.1 Å². The number of rotatable bonds is 1. The second-order valence-electron chi connectivity index (χ2n) is 5.03. The molecule has 0 bridgehead atoms. The highest BCUT2D eigenvalue weighted by Crippen LogP contribution is 2.36. The standard InChI is InChI=1S/C14H14BrNO2S/c1-10-8-16(19(17,18)9-10)14-7-6-13(15)11-4-2-3-5-12(11)14/h2-7,10H,8-9H2,1H3. The Hall–Kier alpha value is -1.07. The second-order valence-corrected chi connectivity index (χ2v) is 7.82. The van der Waals surface area contributed by atoms with Gasteiger partial charge in [-0.15, -0.1) is 0 Å². The Bertz CT molecular complexity index is 742. The summed E-state index contributed by atoms with van der Waals surface area (Å²) >= 11 is 3.51. The van der Waals surface area contributed by atoms with Crippen LogP contribution in [-0.2, 0) is 10.0 Å². The van der Waals surface area contributed by atoms with Gasteiger partial charge in [0.1, 0.15) is 0 Å². The quantitative estimate of drug-likeness (QED) is 0.798. The summed E-state index contributed by atoms with van der Waals surface area (Å²) in [6.45, 7) is 2.53. The van der Waals surface area contributed by atoms with E-state index in [4.69, 9.17) is 0 Å². The van der Waals surface area contributed by atoms with Crippen molar-refractivity contribution in [2.24, 2.45) is 5.92 Å². The molecule has 2 aromatic rings. The van der Waals surface area contributed by atoms with Crippen molar-refractivity contribution in [1.29, 1.82) is 0 Å². The van der Waals surface area contributed by atoms with Crippen molar-refractivity contribution in [3.63, 3.8) is 0 Å². The van der Waals surface area contributed by atoms with E-state index in [1.54, 1.807) is 4.31 Å². The minimum Gasteiger partial charge on any atom is -0.269 e. The first-order valence-corrected chi connectivity index (χ1v) is 8.57. The molecule has 0 amide bonds. The van der Waals surface area contributed by atoms with Gasteiger partial charge >= 0.3 is 0 Å². The van der Waals surface area contributed by atoms with Gasteiger partial charge < -0.3 is 0 Å². The first kappa shape index (κ1) is 12.9. The van der Waals surface area contributed by atoms with Crippen molar-refractivity contribution >= 4 is 42.4 Å². The topological polar surface area (TPSA) is 37.4 Å². The van der Waals surface area contributed by atoms with Crippen LogP contribution in [0.15, 0.2) is 40.9 Å². The molecule has 1 fully saturated rings. The Balaban J connectivity index is 2.25. The summed E-state index contributed by atoms with van der Waals surface area (Å²) in [5, 5.41) is 2.00. The lowest BCUT2D eigenvalue weighted by Crippen LogP contribution is -2.25. The maximum atomic E-state index is 12.2. The van der Waals surface area contributed by atoms with Gasteiger partial charge in [0.15, 0.2) is 0 Å². The Kier molecular flexibility index (Phi) is 3.06. The Morgan fingerprint density at radius 1 is 1.16 bits per heavy atom. The zero-order valence-corrected chi connectivity index (χ0v) is 12.9. The molecule has 3 rings (SSSR count). The molecule has 0 N–H and O–H groups in total. The lowest BCUT2D eigenvalue weighted by atomic mass is 10.1. The molecule has 0 spiro atoms. The van der Waals surface area contributed by atoms with Crippen LogP contribution < -0.4 is 4.31 Å². The molecule has 3 nitrogen and oxygen atoms in total. The van der Waals surface area contributed by atoms with E-state index in [1.807, 2.05) is 43.3 Å². The van der Waals surface area contributed by atoms with Gasteiger partial charge in [-0.25, -0.2) is 8.42 Å². The van der Waals surface area contributed by atoms with E-state index in [1.165, 1.54) is 0 Å². The first-order valence-electron chi connectivity index (χ1n) is 6.17. The molecular weight excluding hydrogens is 326 g/mol. The van der Waals surface area contributed by atoms with Crippen LogP contribution in [0.2, 0.25) is 0 Å². The molecule has 0 aliphatic carbocycles. The fourth-order valence-corrected chi connectivity index (χ4v) is 5.03. The van der Waals surface area contributed by atoms with E-state index in [0.29, 0.717) is 6.54 Å². The minimum absolute atomic E-state index is 0.174. The van der Waals surface area contributed by atoms with E-state index < -0.39 is 10.0 Å². The van der Waals surface area contributed by atoms with Crippen LogP contribution in [0, 0.1) is 5.92 Å². The molecule has 0 saturated carbocycles. The first-order chi connectivity index (χ1) is 8.99. The number of halogens is 1. The molecule has 1 saturated heterocycles. The zero-order chi connectivity index (χ0) is 13.6. The Morgan fingerprint density at radius 2 is 1.84 bits per heavy atom. The van der Waals surface area contributed by atoms with Crippen molar-refractivity contribution in [3.8, 4) is 0 Å². The molecule has 100 valence electrons. The third kappa shape index (κ3) is 2.15. The molecular formula is C14H14BrNO2S. The second kappa shape index (κ2) is 4.49. The van der Waals surface area contributed by atoms with Crippen LogP contribution in [0.25, 0.3) is 10.8 Å². The van der Waals surface area contributed by atoms with Crippen LogP contribution in [0.5, 0.6) is 0 Å².